The first kappa shape index (κ1) is 19.7. The van der Waals surface area contributed by atoms with Gasteiger partial charge in [-0.15, -0.1) is 11.8 Å². The van der Waals surface area contributed by atoms with Gasteiger partial charge in [0.05, 0.1) is 12.7 Å². The number of thioether (sulfide) groups is 1. The Morgan fingerprint density at radius 1 is 1.15 bits per heavy atom. The molecule has 0 radical (unpaired) electrons. The molecular weight excluding hydrogens is 352 g/mol. The predicted octanol–water partition coefficient (Wildman–Crippen LogP) is 3.46. The minimum absolute atomic E-state index is 0.208. The van der Waals surface area contributed by atoms with Gasteiger partial charge in [0.2, 0.25) is 0 Å². The third-order valence-electron chi connectivity index (χ3n) is 3.86. The van der Waals surface area contributed by atoms with Crippen molar-refractivity contribution in [3.8, 4) is 5.75 Å². The monoisotopic (exact) mass is 374 g/mol. The van der Waals surface area contributed by atoms with E-state index in [-0.39, 0.29) is 11.6 Å². The maximum atomic E-state index is 12.3. The Bertz CT molecular complexity index is 778. The molecule has 2 rings (SSSR count). The van der Waals surface area contributed by atoms with Gasteiger partial charge in [-0.3, -0.25) is 0 Å². The molecule has 0 aromatic heterocycles. The molecule has 0 aliphatic heterocycles. The molecule has 0 saturated heterocycles. The second-order valence-electron chi connectivity index (χ2n) is 5.71. The maximum Gasteiger partial charge on any atom is 0.335 e. The van der Waals surface area contributed by atoms with E-state index in [0.29, 0.717) is 13.1 Å². The van der Waals surface area contributed by atoms with Crippen molar-refractivity contribution in [3.63, 3.8) is 0 Å². The fourth-order valence-corrected chi connectivity index (χ4v) is 2.95. The largest absolute Gasteiger partial charge is 0.496 e. The van der Waals surface area contributed by atoms with Gasteiger partial charge in [-0.2, -0.15) is 0 Å². The molecule has 0 spiro atoms. The number of carbonyl (C=O) groups excluding carboxylic acids is 1. The van der Waals surface area contributed by atoms with Gasteiger partial charge >= 0.3 is 12.0 Å². The maximum absolute atomic E-state index is 12.3. The first-order valence-electron chi connectivity index (χ1n) is 7.96. The molecule has 26 heavy (non-hydrogen) atoms. The number of methoxy groups -OCH3 is 1. The van der Waals surface area contributed by atoms with E-state index in [9.17, 15) is 9.59 Å². The van der Waals surface area contributed by atoms with Crippen LogP contribution < -0.4 is 10.1 Å². The van der Waals surface area contributed by atoms with Crippen LogP contribution in [-0.2, 0) is 13.1 Å². The summed E-state index contributed by atoms with van der Waals surface area (Å²) in [6, 6.07) is 12.1. The number of carbonyl (C=O) groups is 2. The third-order valence-corrected chi connectivity index (χ3v) is 4.64. The van der Waals surface area contributed by atoms with Crippen LogP contribution >= 0.6 is 11.8 Å². The molecule has 2 aromatic carbocycles. The van der Waals surface area contributed by atoms with E-state index < -0.39 is 5.97 Å². The lowest BCUT2D eigenvalue weighted by Gasteiger charge is -2.19. The average molecular weight is 374 g/mol. The van der Waals surface area contributed by atoms with Crippen LogP contribution in [0.25, 0.3) is 0 Å². The summed E-state index contributed by atoms with van der Waals surface area (Å²) < 4.78 is 5.37. The summed E-state index contributed by atoms with van der Waals surface area (Å²) in [7, 11) is 3.35. The van der Waals surface area contributed by atoms with Gasteiger partial charge in [0.1, 0.15) is 5.75 Å². The van der Waals surface area contributed by atoms with E-state index in [4.69, 9.17) is 9.84 Å². The van der Waals surface area contributed by atoms with Crippen LogP contribution in [0.15, 0.2) is 47.4 Å². The van der Waals surface area contributed by atoms with Gasteiger partial charge in [0.25, 0.3) is 0 Å². The molecule has 0 heterocycles. The van der Waals surface area contributed by atoms with Crippen molar-refractivity contribution in [2.45, 2.75) is 18.0 Å². The number of benzene rings is 2. The van der Waals surface area contributed by atoms with E-state index in [0.717, 1.165) is 21.8 Å². The predicted molar refractivity (Wildman–Crippen MR) is 102 cm³/mol. The Morgan fingerprint density at radius 2 is 1.81 bits per heavy atom. The summed E-state index contributed by atoms with van der Waals surface area (Å²) >= 11 is 1.61. The molecule has 0 atom stereocenters. The van der Waals surface area contributed by atoms with Gasteiger partial charge < -0.3 is 20.1 Å². The molecule has 0 aliphatic carbocycles. The fourth-order valence-electron chi connectivity index (χ4n) is 2.40. The summed E-state index contributed by atoms with van der Waals surface area (Å²) in [6.07, 6.45) is 1.99. The average Bonchev–Trinajstić information content (AvgIpc) is 2.66. The zero-order valence-corrected chi connectivity index (χ0v) is 15.8. The summed E-state index contributed by atoms with van der Waals surface area (Å²) in [4.78, 5) is 25.7. The van der Waals surface area contributed by atoms with Crippen LogP contribution in [0.1, 0.15) is 21.5 Å². The molecule has 7 heteroatoms. The summed E-state index contributed by atoms with van der Waals surface area (Å²) in [5.74, 6) is -0.175. The number of urea groups is 1. The van der Waals surface area contributed by atoms with Crippen LogP contribution in [-0.4, -0.2) is 42.4 Å². The first-order chi connectivity index (χ1) is 12.4. The lowest BCUT2D eigenvalue weighted by atomic mass is 10.1. The van der Waals surface area contributed by atoms with E-state index >= 15 is 0 Å². The number of hydrogen-bond donors (Lipinski definition) is 2. The Balaban J connectivity index is 1.92. The van der Waals surface area contributed by atoms with Crippen molar-refractivity contribution in [1.29, 1.82) is 0 Å². The number of aromatic carboxylic acids is 1. The second kappa shape index (κ2) is 9.15. The van der Waals surface area contributed by atoms with Gasteiger partial charge in [-0.1, -0.05) is 18.2 Å². The second-order valence-corrected chi connectivity index (χ2v) is 6.55. The smallest absolute Gasteiger partial charge is 0.335 e. The zero-order chi connectivity index (χ0) is 19.1. The molecule has 0 fully saturated rings. The van der Waals surface area contributed by atoms with Crippen molar-refractivity contribution in [2.24, 2.45) is 0 Å². The minimum Gasteiger partial charge on any atom is -0.496 e. The van der Waals surface area contributed by atoms with Crippen LogP contribution in [0.2, 0.25) is 0 Å². The highest BCUT2D eigenvalue weighted by Crippen LogP contribution is 2.28. The SMILES string of the molecule is COc1cc(CN(C)C(=O)NCc2ccc(C(=O)O)cc2)ccc1SC. The van der Waals surface area contributed by atoms with E-state index in [1.54, 1.807) is 43.0 Å². The molecule has 2 aromatic rings. The number of rotatable bonds is 7. The minimum atomic E-state index is -0.969. The van der Waals surface area contributed by atoms with Crippen molar-refractivity contribution in [1.82, 2.24) is 10.2 Å². The molecule has 0 unspecified atom stereocenters. The van der Waals surface area contributed by atoms with Gasteiger partial charge in [0.15, 0.2) is 0 Å². The Labute approximate surface area is 157 Å². The van der Waals surface area contributed by atoms with Crippen LogP contribution in [0.4, 0.5) is 4.79 Å². The Kier molecular flexibility index (Phi) is 6.91. The number of hydrogen-bond acceptors (Lipinski definition) is 4. The van der Waals surface area contributed by atoms with E-state index in [2.05, 4.69) is 5.32 Å². The fraction of sp³-hybridized carbons (Fsp3) is 0.263. The number of ether oxygens (including phenoxy) is 1. The highest BCUT2D eigenvalue weighted by molar-refractivity contribution is 7.98. The first-order valence-corrected chi connectivity index (χ1v) is 9.19. The third kappa shape index (κ3) is 5.16. The Hall–Kier alpha value is -2.67. The molecule has 0 saturated carbocycles. The van der Waals surface area contributed by atoms with Crippen molar-refractivity contribution >= 4 is 23.8 Å². The molecule has 6 nitrogen and oxygen atoms in total. The molecule has 0 aliphatic rings. The van der Waals surface area contributed by atoms with Gasteiger partial charge in [-0.25, -0.2) is 9.59 Å². The Morgan fingerprint density at radius 3 is 2.38 bits per heavy atom. The van der Waals surface area contributed by atoms with E-state index in [1.807, 2.05) is 24.5 Å². The normalized spacial score (nSPS) is 10.3. The number of carboxylic acids is 1. The number of nitrogens with zero attached hydrogens (tertiary/aromatic N) is 1. The summed E-state index contributed by atoms with van der Waals surface area (Å²) in [5.41, 5.74) is 2.03. The van der Waals surface area contributed by atoms with Gasteiger partial charge in [0, 0.05) is 25.0 Å². The summed E-state index contributed by atoms with van der Waals surface area (Å²) in [5, 5.41) is 11.7. The van der Waals surface area contributed by atoms with Crippen LogP contribution in [0, 0.1) is 0 Å². The molecule has 2 amide bonds. The lowest BCUT2D eigenvalue weighted by molar-refractivity contribution is 0.0697. The number of nitrogens with one attached hydrogen (secondary N) is 1. The van der Waals surface area contributed by atoms with Crippen molar-refractivity contribution < 1.29 is 19.4 Å². The molecule has 0 bridgehead atoms. The van der Waals surface area contributed by atoms with Crippen molar-refractivity contribution in [2.75, 3.05) is 20.4 Å². The lowest BCUT2D eigenvalue weighted by Crippen LogP contribution is -2.36. The molecule has 138 valence electrons. The standard InChI is InChI=1S/C19H22N2O4S/c1-21(12-14-6-9-17(26-3)16(10-14)25-2)19(24)20-11-13-4-7-15(8-5-13)18(22)23/h4-10H,11-12H2,1-3H3,(H,20,24)(H,22,23). The topological polar surface area (TPSA) is 78.9 Å². The summed E-state index contributed by atoms with van der Waals surface area (Å²) in [6.45, 7) is 0.784. The highest BCUT2D eigenvalue weighted by Gasteiger charge is 2.11. The van der Waals surface area contributed by atoms with E-state index in [1.165, 1.54) is 12.1 Å². The van der Waals surface area contributed by atoms with Crippen molar-refractivity contribution in [3.05, 3.63) is 59.2 Å². The molecular formula is C19H22N2O4S. The zero-order valence-electron chi connectivity index (χ0n) is 15.0. The number of amides is 2. The molecule has 2 N–H and O–H groups in total. The highest BCUT2D eigenvalue weighted by atomic mass is 32.2. The number of carboxylic acid groups (broad SMARTS) is 1. The van der Waals surface area contributed by atoms with Crippen LogP contribution in [0.3, 0.4) is 0 Å². The van der Waals surface area contributed by atoms with Crippen LogP contribution in [0.5, 0.6) is 5.75 Å². The quantitative estimate of drug-likeness (QED) is 0.726. The van der Waals surface area contributed by atoms with Gasteiger partial charge in [-0.05, 0) is 41.6 Å².